The predicted molar refractivity (Wildman–Crippen MR) is 103 cm³/mol. The maximum Gasteiger partial charge on any atom is 0.322 e. The number of hydrogen-bond acceptors (Lipinski definition) is 6. The zero-order valence-electron chi connectivity index (χ0n) is 15.8. The Morgan fingerprint density at radius 3 is 2.45 bits per heavy atom. The molecule has 1 aliphatic rings. The number of hydrogen-bond donors (Lipinski definition) is 0. The molecule has 1 fully saturated rings. The number of methoxy groups -OCH3 is 1. The lowest BCUT2D eigenvalue weighted by Gasteiger charge is -2.29. The van der Waals surface area contributed by atoms with E-state index in [-0.39, 0.29) is 11.7 Å². The summed E-state index contributed by atoms with van der Waals surface area (Å²) in [5.41, 5.74) is 0.933. The van der Waals surface area contributed by atoms with E-state index in [1.807, 2.05) is 4.90 Å². The number of aromatic nitrogens is 2. The molecule has 150 valence electrons. The normalized spacial score (nSPS) is 14.0. The van der Waals surface area contributed by atoms with Crippen LogP contribution in [0.3, 0.4) is 0 Å². The van der Waals surface area contributed by atoms with Gasteiger partial charge in [0.05, 0.1) is 26.5 Å². The summed E-state index contributed by atoms with van der Waals surface area (Å²) in [5, 5.41) is 0. The SMILES string of the molecule is COc1ccc(Oc2ncc(F)c(-c3cc(F)cc(N4CCOCC4)c3)n2)cc1. The fourth-order valence-electron chi connectivity index (χ4n) is 3.07. The number of nitrogens with zero attached hydrogens (tertiary/aromatic N) is 3. The second-order valence-corrected chi connectivity index (χ2v) is 6.42. The number of anilines is 1. The van der Waals surface area contributed by atoms with E-state index in [1.54, 1.807) is 37.4 Å². The molecule has 3 aromatic rings. The summed E-state index contributed by atoms with van der Waals surface area (Å²) in [6.07, 6.45) is 1.01. The first-order valence-corrected chi connectivity index (χ1v) is 9.10. The molecule has 1 saturated heterocycles. The lowest BCUT2D eigenvalue weighted by molar-refractivity contribution is 0.122. The first kappa shape index (κ1) is 19.1. The second kappa shape index (κ2) is 8.40. The highest BCUT2D eigenvalue weighted by molar-refractivity contribution is 5.66. The van der Waals surface area contributed by atoms with Gasteiger partial charge >= 0.3 is 6.01 Å². The Bertz CT molecular complexity index is 993. The third kappa shape index (κ3) is 4.43. The fourth-order valence-corrected chi connectivity index (χ4v) is 3.07. The summed E-state index contributed by atoms with van der Waals surface area (Å²) >= 11 is 0. The van der Waals surface area contributed by atoms with Crippen molar-refractivity contribution >= 4 is 5.69 Å². The van der Waals surface area contributed by atoms with Crippen molar-refractivity contribution < 1.29 is 23.0 Å². The van der Waals surface area contributed by atoms with Crippen LogP contribution in [0.5, 0.6) is 17.5 Å². The maximum atomic E-state index is 14.4. The fraction of sp³-hybridized carbons (Fsp3) is 0.238. The minimum Gasteiger partial charge on any atom is -0.497 e. The van der Waals surface area contributed by atoms with E-state index >= 15 is 0 Å². The van der Waals surface area contributed by atoms with Crippen molar-refractivity contribution in [1.82, 2.24) is 9.97 Å². The lowest BCUT2D eigenvalue weighted by Crippen LogP contribution is -2.36. The number of ether oxygens (including phenoxy) is 3. The number of morpholine rings is 1. The first-order valence-electron chi connectivity index (χ1n) is 9.10. The molecule has 0 radical (unpaired) electrons. The Balaban J connectivity index is 1.64. The van der Waals surface area contributed by atoms with Crippen LogP contribution in [0.2, 0.25) is 0 Å². The molecule has 0 spiro atoms. The highest BCUT2D eigenvalue weighted by Crippen LogP contribution is 2.29. The van der Waals surface area contributed by atoms with Gasteiger partial charge in [-0.2, -0.15) is 4.98 Å². The third-order valence-electron chi connectivity index (χ3n) is 4.52. The second-order valence-electron chi connectivity index (χ2n) is 6.42. The molecule has 0 unspecified atom stereocenters. The third-order valence-corrected chi connectivity index (χ3v) is 4.52. The van der Waals surface area contributed by atoms with Crippen molar-refractivity contribution in [3.8, 4) is 28.8 Å². The predicted octanol–water partition coefficient (Wildman–Crippen LogP) is 4.06. The Hall–Kier alpha value is -3.26. The van der Waals surface area contributed by atoms with E-state index in [4.69, 9.17) is 14.2 Å². The van der Waals surface area contributed by atoms with Gasteiger partial charge in [0.15, 0.2) is 5.82 Å². The summed E-state index contributed by atoms with van der Waals surface area (Å²) in [6.45, 7) is 2.41. The summed E-state index contributed by atoms with van der Waals surface area (Å²) in [7, 11) is 1.56. The van der Waals surface area contributed by atoms with Crippen molar-refractivity contribution in [3.05, 3.63) is 60.3 Å². The number of halogens is 2. The molecule has 2 heterocycles. The van der Waals surface area contributed by atoms with Gasteiger partial charge in [0.25, 0.3) is 0 Å². The van der Waals surface area contributed by atoms with Gasteiger partial charge in [-0.1, -0.05) is 0 Å². The van der Waals surface area contributed by atoms with E-state index in [2.05, 4.69) is 9.97 Å². The van der Waals surface area contributed by atoms with Crippen LogP contribution in [0.15, 0.2) is 48.7 Å². The Morgan fingerprint density at radius 2 is 1.72 bits per heavy atom. The number of benzene rings is 2. The summed E-state index contributed by atoms with van der Waals surface area (Å²) < 4.78 is 44.7. The van der Waals surface area contributed by atoms with Gasteiger partial charge in [-0.15, -0.1) is 0 Å². The minimum absolute atomic E-state index is 0.0301. The first-order chi connectivity index (χ1) is 14.1. The number of rotatable bonds is 5. The average molecular weight is 399 g/mol. The molecule has 0 amide bonds. The zero-order valence-corrected chi connectivity index (χ0v) is 15.8. The van der Waals surface area contributed by atoms with E-state index in [0.29, 0.717) is 49.1 Å². The van der Waals surface area contributed by atoms with Crippen molar-refractivity contribution in [1.29, 1.82) is 0 Å². The average Bonchev–Trinajstić information content (AvgIpc) is 2.76. The smallest absolute Gasteiger partial charge is 0.322 e. The Labute approximate surface area is 166 Å². The van der Waals surface area contributed by atoms with Crippen LogP contribution in [-0.4, -0.2) is 43.4 Å². The summed E-state index contributed by atoms with van der Waals surface area (Å²) in [5.74, 6) is 0.00954. The Kier molecular flexibility index (Phi) is 5.53. The highest BCUT2D eigenvalue weighted by atomic mass is 19.1. The summed E-state index contributed by atoms with van der Waals surface area (Å²) in [4.78, 5) is 10.0. The topological polar surface area (TPSA) is 56.7 Å². The van der Waals surface area contributed by atoms with Crippen molar-refractivity contribution in [2.24, 2.45) is 0 Å². The van der Waals surface area contributed by atoms with E-state index in [9.17, 15) is 8.78 Å². The van der Waals surface area contributed by atoms with Crippen LogP contribution in [0.25, 0.3) is 11.3 Å². The molecule has 8 heteroatoms. The largest absolute Gasteiger partial charge is 0.497 e. The molecule has 0 N–H and O–H groups in total. The van der Waals surface area contributed by atoms with Crippen LogP contribution >= 0.6 is 0 Å². The maximum absolute atomic E-state index is 14.4. The van der Waals surface area contributed by atoms with Crippen molar-refractivity contribution in [3.63, 3.8) is 0 Å². The monoisotopic (exact) mass is 399 g/mol. The van der Waals surface area contributed by atoms with Crippen LogP contribution in [0.4, 0.5) is 14.5 Å². The van der Waals surface area contributed by atoms with Crippen LogP contribution in [-0.2, 0) is 4.74 Å². The van der Waals surface area contributed by atoms with E-state index in [0.717, 1.165) is 6.20 Å². The van der Waals surface area contributed by atoms with Crippen LogP contribution in [0.1, 0.15) is 0 Å². The molecule has 0 aliphatic carbocycles. The van der Waals surface area contributed by atoms with Crippen molar-refractivity contribution in [2.75, 3.05) is 38.3 Å². The van der Waals surface area contributed by atoms with Crippen molar-refractivity contribution in [2.45, 2.75) is 0 Å². The molecular formula is C21H19F2N3O3. The van der Waals surface area contributed by atoms with Gasteiger partial charge in [0, 0.05) is 24.3 Å². The standard InChI is InChI=1S/C21H19F2N3O3/c1-27-17-2-4-18(5-3-17)29-21-24-13-19(23)20(25-21)14-10-15(22)12-16(11-14)26-6-8-28-9-7-26/h2-5,10-13H,6-9H2,1H3. The molecule has 4 rings (SSSR count). The summed E-state index contributed by atoms with van der Waals surface area (Å²) in [6, 6.07) is 11.1. The molecule has 0 atom stereocenters. The van der Waals surface area contributed by atoms with Gasteiger partial charge in [0.1, 0.15) is 23.0 Å². The highest BCUT2D eigenvalue weighted by Gasteiger charge is 2.17. The minimum atomic E-state index is -0.661. The van der Waals surface area contributed by atoms with Crippen LogP contribution < -0.4 is 14.4 Å². The molecule has 0 bridgehead atoms. The van der Waals surface area contributed by atoms with E-state index in [1.165, 1.54) is 12.1 Å². The van der Waals surface area contributed by atoms with Gasteiger partial charge in [-0.3, -0.25) is 0 Å². The Morgan fingerprint density at radius 1 is 1.00 bits per heavy atom. The van der Waals surface area contributed by atoms with Gasteiger partial charge in [0.2, 0.25) is 0 Å². The molecule has 1 aliphatic heterocycles. The van der Waals surface area contributed by atoms with Crippen LogP contribution in [0, 0.1) is 11.6 Å². The zero-order chi connectivity index (χ0) is 20.2. The molecule has 2 aromatic carbocycles. The van der Waals surface area contributed by atoms with E-state index < -0.39 is 11.6 Å². The quantitative estimate of drug-likeness (QED) is 0.645. The molecule has 1 aromatic heterocycles. The molecule has 6 nitrogen and oxygen atoms in total. The molecular weight excluding hydrogens is 380 g/mol. The van der Waals surface area contributed by atoms with Gasteiger partial charge in [-0.25, -0.2) is 13.8 Å². The van der Waals surface area contributed by atoms with Gasteiger partial charge in [-0.05, 0) is 42.5 Å². The molecule has 0 saturated carbocycles. The lowest BCUT2D eigenvalue weighted by atomic mass is 10.1. The molecule has 29 heavy (non-hydrogen) atoms. The van der Waals surface area contributed by atoms with Gasteiger partial charge < -0.3 is 19.1 Å².